The molecule has 1 amide bonds. The summed E-state index contributed by atoms with van der Waals surface area (Å²) in [5, 5.41) is 0. The summed E-state index contributed by atoms with van der Waals surface area (Å²) in [5.74, 6) is -5.42. The van der Waals surface area contributed by atoms with Gasteiger partial charge in [-0.25, -0.2) is 13.2 Å². The lowest BCUT2D eigenvalue weighted by molar-refractivity contribution is -0.178. The van der Waals surface area contributed by atoms with Crippen molar-refractivity contribution in [2.45, 2.75) is 43.5 Å². The van der Waals surface area contributed by atoms with Crippen molar-refractivity contribution in [1.82, 2.24) is 4.90 Å². The number of carbonyl (C=O) groups is 1. The van der Waals surface area contributed by atoms with Crippen LogP contribution in [0.3, 0.4) is 0 Å². The van der Waals surface area contributed by atoms with Gasteiger partial charge in [0.25, 0.3) is 5.91 Å². The fourth-order valence-corrected chi connectivity index (χ4v) is 4.35. The summed E-state index contributed by atoms with van der Waals surface area (Å²) in [7, 11) is 1.24. The second-order valence-corrected chi connectivity index (χ2v) is 8.42. The van der Waals surface area contributed by atoms with E-state index < -0.39 is 36.0 Å². The molecule has 2 aromatic rings. The molecule has 0 spiro atoms. The number of nitrogens with zero attached hydrogens (tertiary/aromatic N) is 1. The van der Waals surface area contributed by atoms with Crippen LogP contribution in [0.5, 0.6) is 11.5 Å². The molecule has 0 N–H and O–H groups in total. The van der Waals surface area contributed by atoms with Gasteiger partial charge in [-0.3, -0.25) is 4.79 Å². The molecule has 11 heteroatoms. The van der Waals surface area contributed by atoms with Crippen LogP contribution in [0.15, 0.2) is 42.5 Å². The van der Waals surface area contributed by atoms with Crippen molar-refractivity contribution in [2.24, 2.45) is 0 Å². The summed E-state index contributed by atoms with van der Waals surface area (Å²) in [5.41, 5.74) is -0.0648. The van der Waals surface area contributed by atoms with Gasteiger partial charge in [0, 0.05) is 18.5 Å². The number of ether oxygens (including phenoxy) is 4. The maximum atomic E-state index is 13.8. The highest BCUT2D eigenvalue weighted by molar-refractivity contribution is 5.95. The normalized spacial score (nSPS) is 23.2. The Balaban J connectivity index is 1.50. The average Bonchev–Trinajstić information content (AvgIpc) is 3.28. The van der Waals surface area contributed by atoms with Crippen LogP contribution in [-0.4, -0.2) is 62.4 Å². The minimum absolute atomic E-state index is 0.00447. The number of hydrogen-bond acceptors (Lipinski definition) is 5. The highest BCUT2D eigenvalue weighted by Gasteiger charge is 2.51. The van der Waals surface area contributed by atoms with Gasteiger partial charge < -0.3 is 23.8 Å². The maximum Gasteiger partial charge on any atom is 0.342 e. The Hall–Kier alpha value is -2.92. The summed E-state index contributed by atoms with van der Waals surface area (Å²) in [6.45, 7) is 1.29. The van der Waals surface area contributed by atoms with Crippen LogP contribution >= 0.6 is 0 Å². The molecule has 0 saturated carbocycles. The lowest BCUT2D eigenvalue weighted by atomic mass is 9.82. The molecule has 190 valence electrons. The number of amides is 1. The number of benzene rings is 2. The zero-order chi connectivity index (χ0) is 25.4. The second-order valence-electron chi connectivity index (χ2n) is 8.42. The van der Waals surface area contributed by atoms with Crippen molar-refractivity contribution in [3.05, 3.63) is 59.4 Å². The highest BCUT2D eigenvalue weighted by atomic mass is 19.3. The van der Waals surface area contributed by atoms with Crippen LogP contribution in [0.1, 0.15) is 29.3 Å². The Morgan fingerprint density at radius 3 is 2.66 bits per heavy atom. The van der Waals surface area contributed by atoms with E-state index in [-0.39, 0.29) is 42.9 Å². The minimum Gasteiger partial charge on any atom is -0.493 e. The fraction of sp³-hybridized carbons (Fsp3) is 0.458. The number of fused-ring (bicyclic) bond motifs is 1. The number of likely N-dealkylation sites (tertiary alicyclic amines) is 1. The van der Waals surface area contributed by atoms with Crippen molar-refractivity contribution < 1.29 is 45.7 Å². The number of hydrogen-bond donors (Lipinski definition) is 0. The van der Waals surface area contributed by atoms with Crippen LogP contribution in [0.2, 0.25) is 0 Å². The third kappa shape index (κ3) is 4.66. The van der Waals surface area contributed by atoms with Crippen LogP contribution in [0, 0.1) is 5.82 Å². The lowest BCUT2D eigenvalue weighted by Crippen LogP contribution is -2.53. The fourth-order valence-electron chi connectivity index (χ4n) is 4.35. The van der Waals surface area contributed by atoms with E-state index in [4.69, 9.17) is 18.9 Å². The van der Waals surface area contributed by atoms with Gasteiger partial charge in [0.2, 0.25) is 0 Å². The van der Waals surface area contributed by atoms with E-state index >= 15 is 0 Å². The molecule has 2 heterocycles. The van der Waals surface area contributed by atoms with Crippen LogP contribution in [0.4, 0.5) is 22.0 Å². The summed E-state index contributed by atoms with van der Waals surface area (Å²) >= 11 is 0. The van der Waals surface area contributed by atoms with Gasteiger partial charge in [-0.2, -0.15) is 8.78 Å². The molecule has 0 aliphatic carbocycles. The predicted octanol–water partition coefficient (Wildman–Crippen LogP) is 4.62. The van der Waals surface area contributed by atoms with E-state index in [0.717, 1.165) is 6.92 Å². The van der Waals surface area contributed by atoms with E-state index in [2.05, 4.69) is 0 Å². The smallest absolute Gasteiger partial charge is 0.342 e. The van der Waals surface area contributed by atoms with Crippen LogP contribution in [0.25, 0.3) is 0 Å². The van der Waals surface area contributed by atoms with Gasteiger partial charge in [0.05, 0.1) is 13.7 Å². The average molecular weight is 501 g/mol. The molecule has 2 aromatic carbocycles. The van der Waals surface area contributed by atoms with Crippen molar-refractivity contribution in [3.63, 3.8) is 0 Å². The quantitative estimate of drug-likeness (QED) is 0.519. The van der Waals surface area contributed by atoms with E-state index in [1.165, 1.54) is 37.4 Å². The van der Waals surface area contributed by atoms with Gasteiger partial charge >= 0.3 is 12.3 Å². The van der Waals surface area contributed by atoms with Crippen LogP contribution in [-0.2, 0) is 15.1 Å². The molecule has 4 rings (SSSR count). The first kappa shape index (κ1) is 25.2. The summed E-state index contributed by atoms with van der Waals surface area (Å²) < 4.78 is 88.0. The number of alkyl halides is 4. The topological polar surface area (TPSA) is 57.2 Å². The van der Waals surface area contributed by atoms with E-state index in [1.807, 2.05) is 0 Å². The standard InChI is InChI=1S/C24H24F5NO5/c1-14(24(28,29)22(26)27)35-18-7-6-15(10-19(18)32-2)21(31)30-9-8-23(20(12-30)33-13-34-23)16-4-3-5-17(25)11-16/h3-7,10-11,14,20,22H,8-9,12-13H2,1-2H3/t14?,20-,23-/m1/s1. The summed E-state index contributed by atoms with van der Waals surface area (Å²) in [4.78, 5) is 14.7. The molecule has 6 nitrogen and oxygen atoms in total. The molecule has 2 saturated heterocycles. The van der Waals surface area contributed by atoms with Crippen molar-refractivity contribution in [1.29, 1.82) is 0 Å². The SMILES string of the molecule is COc1cc(C(=O)N2CC[C@]3(c4cccc(F)c4)OCO[C@@H]3C2)ccc1OC(C)C(F)(F)C(F)F. The Bertz CT molecular complexity index is 1080. The zero-order valence-corrected chi connectivity index (χ0v) is 19.0. The molecular weight excluding hydrogens is 477 g/mol. The molecule has 0 radical (unpaired) electrons. The molecule has 3 atom stereocenters. The Morgan fingerprint density at radius 1 is 1.20 bits per heavy atom. The van der Waals surface area contributed by atoms with Crippen LogP contribution < -0.4 is 9.47 Å². The van der Waals surface area contributed by atoms with E-state index in [0.29, 0.717) is 12.0 Å². The Morgan fingerprint density at radius 2 is 1.97 bits per heavy atom. The molecular formula is C24H24F5NO5. The highest BCUT2D eigenvalue weighted by Crippen LogP contribution is 2.43. The van der Waals surface area contributed by atoms with E-state index in [9.17, 15) is 26.7 Å². The van der Waals surface area contributed by atoms with Crippen molar-refractivity contribution in [2.75, 3.05) is 27.0 Å². The van der Waals surface area contributed by atoms with Gasteiger partial charge in [0.1, 0.15) is 24.3 Å². The summed E-state index contributed by atoms with van der Waals surface area (Å²) in [6, 6.07) is 9.93. The number of rotatable bonds is 7. The zero-order valence-electron chi connectivity index (χ0n) is 19.0. The van der Waals surface area contributed by atoms with E-state index in [1.54, 1.807) is 17.0 Å². The van der Waals surface area contributed by atoms with Gasteiger partial charge in [-0.15, -0.1) is 0 Å². The molecule has 1 unspecified atom stereocenters. The molecule has 0 aromatic heterocycles. The minimum atomic E-state index is -4.37. The van der Waals surface area contributed by atoms with Gasteiger partial charge in [-0.1, -0.05) is 12.1 Å². The lowest BCUT2D eigenvalue weighted by Gasteiger charge is -2.42. The third-order valence-electron chi connectivity index (χ3n) is 6.39. The first-order valence-corrected chi connectivity index (χ1v) is 10.9. The summed E-state index contributed by atoms with van der Waals surface area (Å²) in [6.07, 6.45) is -6.19. The monoisotopic (exact) mass is 501 g/mol. The first-order chi connectivity index (χ1) is 16.6. The number of piperidine rings is 1. The Kier molecular flexibility index (Phi) is 6.92. The number of carbonyl (C=O) groups excluding carboxylic acids is 1. The number of halogens is 5. The predicted molar refractivity (Wildman–Crippen MR) is 113 cm³/mol. The first-order valence-electron chi connectivity index (χ1n) is 10.9. The largest absolute Gasteiger partial charge is 0.493 e. The van der Waals surface area contributed by atoms with Gasteiger partial charge in [0.15, 0.2) is 17.6 Å². The van der Waals surface area contributed by atoms with Crippen molar-refractivity contribution >= 4 is 5.91 Å². The Labute approximate surface area is 198 Å². The molecule has 2 aliphatic rings. The molecule has 2 fully saturated rings. The molecule has 35 heavy (non-hydrogen) atoms. The maximum absolute atomic E-state index is 13.8. The second kappa shape index (κ2) is 9.62. The van der Waals surface area contributed by atoms with Gasteiger partial charge in [-0.05, 0) is 42.8 Å². The number of methoxy groups -OCH3 is 1. The molecule has 0 bridgehead atoms. The molecule has 2 aliphatic heterocycles. The van der Waals surface area contributed by atoms with Crippen molar-refractivity contribution in [3.8, 4) is 11.5 Å². The third-order valence-corrected chi connectivity index (χ3v) is 6.39.